The van der Waals surface area contributed by atoms with Crippen LogP contribution in [-0.4, -0.2) is 34.3 Å². The van der Waals surface area contributed by atoms with E-state index in [0.717, 1.165) is 12.0 Å². The van der Waals surface area contributed by atoms with Gasteiger partial charge in [0.05, 0.1) is 12.0 Å². The Hall–Kier alpha value is -2.95. The second kappa shape index (κ2) is 7.04. The zero-order chi connectivity index (χ0) is 21.9. The Morgan fingerprint density at radius 2 is 1.58 bits per heavy atom. The fourth-order valence-corrected chi connectivity index (χ4v) is 6.02. The topological polar surface area (TPSA) is 63.7 Å². The van der Waals surface area contributed by atoms with Crippen LogP contribution in [-0.2, 0) is 9.53 Å². The van der Waals surface area contributed by atoms with Crippen LogP contribution in [0.2, 0.25) is 0 Å². The molecule has 0 N–H and O–H groups in total. The first kappa shape index (κ1) is 20.0. The molecule has 1 aliphatic heterocycles. The second-order valence-electron chi connectivity index (χ2n) is 9.96. The van der Waals surface area contributed by atoms with Crippen molar-refractivity contribution in [2.75, 3.05) is 0 Å². The van der Waals surface area contributed by atoms with Gasteiger partial charge in [0.1, 0.15) is 5.60 Å². The van der Waals surface area contributed by atoms with Gasteiger partial charge >= 0.3 is 6.09 Å². The fourth-order valence-electron chi connectivity index (χ4n) is 6.02. The highest BCUT2D eigenvalue weighted by Gasteiger charge is 2.72. The number of hydrogen-bond donors (Lipinski definition) is 0. The minimum Gasteiger partial charge on any atom is -0.443 e. The molecule has 2 saturated carbocycles. The van der Waals surface area contributed by atoms with E-state index >= 15 is 0 Å². The molecule has 0 spiro atoms. The zero-order valence-electron chi connectivity index (χ0n) is 18.0. The maximum Gasteiger partial charge on any atom is 0.417 e. The Bertz CT molecular complexity index is 1030. The predicted octanol–water partition coefficient (Wildman–Crippen LogP) is 4.68. The van der Waals surface area contributed by atoms with Gasteiger partial charge in [-0.05, 0) is 44.6 Å². The maximum absolute atomic E-state index is 13.5. The van der Waals surface area contributed by atoms with E-state index in [-0.39, 0.29) is 41.4 Å². The van der Waals surface area contributed by atoms with Crippen molar-refractivity contribution in [1.29, 1.82) is 0 Å². The van der Waals surface area contributed by atoms with Crippen LogP contribution >= 0.6 is 0 Å². The predicted molar refractivity (Wildman–Crippen MR) is 115 cm³/mol. The molecule has 2 amide bonds. The van der Waals surface area contributed by atoms with Crippen molar-refractivity contribution in [1.82, 2.24) is 4.90 Å². The molecular formula is C26H27NO4. The number of benzene rings is 2. The molecule has 2 aliphatic carbocycles. The van der Waals surface area contributed by atoms with Gasteiger partial charge in [0, 0.05) is 17.4 Å². The summed E-state index contributed by atoms with van der Waals surface area (Å²) in [7, 11) is 0. The van der Waals surface area contributed by atoms with E-state index in [0.29, 0.717) is 5.56 Å². The normalized spacial score (nSPS) is 31.2. The van der Waals surface area contributed by atoms with Crippen molar-refractivity contribution in [2.24, 2.45) is 23.7 Å². The van der Waals surface area contributed by atoms with Gasteiger partial charge in [-0.2, -0.15) is 0 Å². The van der Waals surface area contributed by atoms with Gasteiger partial charge in [-0.1, -0.05) is 60.7 Å². The summed E-state index contributed by atoms with van der Waals surface area (Å²) >= 11 is 0. The fraction of sp³-hybridized carbons (Fsp3) is 0.423. The van der Waals surface area contributed by atoms with Crippen LogP contribution in [0.25, 0.3) is 0 Å². The highest BCUT2D eigenvalue weighted by Crippen LogP contribution is 2.65. The molecule has 1 saturated heterocycles. The molecule has 0 unspecified atom stereocenters. The van der Waals surface area contributed by atoms with E-state index in [4.69, 9.17) is 4.74 Å². The maximum atomic E-state index is 13.5. The molecule has 5 heteroatoms. The van der Waals surface area contributed by atoms with Crippen LogP contribution in [0.4, 0.5) is 4.79 Å². The van der Waals surface area contributed by atoms with Gasteiger partial charge in [0.15, 0.2) is 5.78 Å². The van der Waals surface area contributed by atoms with Crippen molar-refractivity contribution in [3.8, 4) is 0 Å². The molecule has 2 aromatic carbocycles. The lowest BCUT2D eigenvalue weighted by Crippen LogP contribution is -2.50. The average Bonchev–Trinajstić information content (AvgIpc) is 3.15. The van der Waals surface area contributed by atoms with Crippen LogP contribution in [0, 0.1) is 23.7 Å². The minimum absolute atomic E-state index is 0.0127. The van der Waals surface area contributed by atoms with Gasteiger partial charge < -0.3 is 4.74 Å². The van der Waals surface area contributed by atoms with Crippen LogP contribution in [0.1, 0.15) is 49.0 Å². The largest absolute Gasteiger partial charge is 0.443 e. The standard InChI is InChI=1S/C26H27NO4/c1-26(2,3)31-25(30)27-22-17(15-10-6-4-7-11-15)14-18-19(22)21(24(27)29)20(18)23(28)16-12-8-5-9-13-16/h4-13,17-22H,14H2,1-3H3/t17-,18+,19-,20-,21-,22-/m0/s1. The van der Waals surface area contributed by atoms with Crippen LogP contribution < -0.4 is 0 Å². The van der Waals surface area contributed by atoms with Crippen molar-refractivity contribution < 1.29 is 19.1 Å². The first-order valence-electron chi connectivity index (χ1n) is 11.0. The lowest BCUT2D eigenvalue weighted by molar-refractivity contribution is -0.136. The number of hydrogen-bond acceptors (Lipinski definition) is 4. The summed E-state index contributed by atoms with van der Waals surface area (Å²) in [6, 6.07) is 19.0. The molecule has 0 aromatic heterocycles. The molecule has 5 rings (SSSR count). The quantitative estimate of drug-likeness (QED) is 0.680. The molecule has 0 radical (unpaired) electrons. The Labute approximate surface area is 182 Å². The molecule has 3 aliphatic rings. The van der Waals surface area contributed by atoms with E-state index in [1.54, 1.807) is 20.8 Å². The monoisotopic (exact) mass is 417 g/mol. The highest BCUT2D eigenvalue weighted by molar-refractivity contribution is 6.05. The summed E-state index contributed by atoms with van der Waals surface area (Å²) in [6.07, 6.45) is 0.204. The number of ether oxygens (including phenoxy) is 1. The first-order chi connectivity index (χ1) is 14.8. The lowest BCUT2D eigenvalue weighted by Gasteiger charge is -2.43. The van der Waals surface area contributed by atoms with Crippen molar-refractivity contribution in [3.63, 3.8) is 0 Å². The SMILES string of the molecule is CC(C)(C)OC(=O)N1C(=O)[C@@H]2[C@@H](C(=O)c3ccccc3)[C@@H]3C[C@@H](c4ccccc4)[C@H]1[C@@H]32. The van der Waals surface area contributed by atoms with Crippen LogP contribution in [0.5, 0.6) is 0 Å². The number of ketones is 1. The summed E-state index contributed by atoms with van der Waals surface area (Å²) in [5.41, 5.74) is 1.04. The third-order valence-corrected chi connectivity index (χ3v) is 7.09. The van der Waals surface area contributed by atoms with E-state index in [1.165, 1.54) is 4.90 Å². The molecule has 3 fully saturated rings. The van der Waals surface area contributed by atoms with Crippen LogP contribution in [0.15, 0.2) is 60.7 Å². The first-order valence-corrected chi connectivity index (χ1v) is 11.0. The van der Waals surface area contributed by atoms with Gasteiger partial charge in [-0.3, -0.25) is 9.59 Å². The van der Waals surface area contributed by atoms with E-state index in [1.807, 2.05) is 48.5 Å². The Morgan fingerprint density at radius 1 is 0.968 bits per heavy atom. The van der Waals surface area contributed by atoms with Crippen molar-refractivity contribution >= 4 is 17.8 Å². The molecule has 160 valence electrons. The van der Waals surface area contributed by atoms with E-state index in [9.17, 15) is 14.4 Å². The van der Waals surface area contributed by atoms with Gasteiger partial charge in [0.2, 0.25) is 5.91 Å². The van der Waals surface area contributed by atoms with Gasteiger partial charge in [0.25, 0.3) is 0 Å². The zero-order valence-corrected chi connectivity index (χ0v) is 18.0. The Morgan fingerprint density at radius 3 is 2.19 bits per heavy atom. The number of nitrogens with zero attached hydrogens (tertiary/aromatic N) is 1. The number of carbonyl (C=O) groups excluding carboxylic acids is 3. The third kappa shape index (κ3) is 3.10. The molecular weight excluding hydrogens is 390 g/mol. The number of rotatable bonds is 3. The summed E-state index contributed by atoms with van der Waals surface area (Å²) < 4.78 is 5.61. The Kier molecular flexibility index (Phi) is 4.54. The summed E-state index contributed by atoms with van der Waals surface area (Å²) in [4.78, 5) is 41.3. The Balaban J connectivity index is 1.53. The molecule has 0 bridgehead atoms. The number of amides is 2. The number of carbonyl (C=O) groups is 3. The smallest absolute Gasteiger partial charge is 0.417 e. The van der Waals surface area contributed by atoms with E-state index < -0.39 is 17.6 Å². The second-order valence-corrected chi connectivity index (χ2v) is 9.96. The van der Waals surface area contributed by atoms with Gasteiger partial charge in [-0.25, -0.2) is 9.69 Å². The number of imide groups is 1. The molecule has 6 atom stereocenters. The minimum atomic E-state index is -0.696. The molecule has 31 heavy (non-hydrogen) atoms. The molecule has 2 aromatic rings. The van der Waals surface area contributed by atoms with Crippen molar-refractivity contribution in [2.45, 2.75) is 44.8 Å². The van der Waals surface area contributed by atoms with Crippen molar-refractivity contribution in [3.05, 3.63) is 71.8 Å². The lowest BCUT2D eigenvalue weighted by atomic mass is 9.56. The summed E-state index contributed by atoms with van der Waals surface area (Å²) in [6.45, 7) is 5.40. The summed E-state index contributed by atoms with van der Waals surface area (Å²) in [5, 5.41) is 0. The highest BCUT2D eigenvalue weighted by atomic mass is 16.6. The molecule has 5 nitrogen and oxygen atoms in total. The summed E-state index contributed by atoms with van der Waals surface area (Å²) in [5.74, 6) is -0.917. The van der Waals surface area contributed by atoms with Gasteiger partial charge in [-0.15, -0.1) is 0 Å². The average molecular weight is 418 g/mol. The number of likely N-dealkylation sites (tertiary alicyclic amines) is 1. The van der Waals surface area contributed by atoms with Crippen LogP contribution in [0.3, 0.4) is 0 Å². The molecule has 1 heterocycles. The number of Topliss-reactive ketones (excluding diaryl/α,β-unsaturated/α-hetero) is 1. The van der Waals surface area contributed by atoms with E-state index in [2.05, 4.69) is 12.1 Å². The third-order valence-electron chi connectivity index (χ3n) is 7.09.